The molecule has 2 saturated heterocycles. The molecule has 0 spiro atoms. The fourth-order valence-electron chi connectivity index (χ4n) is 13.3. The highest BCUT2D eigenvalue weighted by Crippen LogP contribution is 2.75. The molecule has 3 heterocycles. The smallest absolute Gasteiger partial charge is 0.307 e. The van der Waals surface area contributed by atoms with E-state index in [2.05, 4.69) is 92.2 Å². The van der Waals surface area contributed by atoms with Gasteiger partial charge >= 0.3 is 5.97 Å². The minimum absolute atomic E-state index is 0.0203. The van der Waals surface area contributed by atoms with Gasteiger partial charge < -0.3 is 25.6 Å². The Morgan fingerprint density at radius 2 is 1.83 bits per heavy atom. The third-order valence-electron chi connectivity index (χ3n) is 17.6. The molecule has 3 saturated carbocycles. The van der Waals surface area contributed by atoms with E-state index in [-0.39, 0.29) is 50.6 Å². The molecule has 52 heavy (non-hydrogen) atoms. The summed E-state index contributed by atoms with van der Waals surface area (Å²) < 4.78 is 16.5. The zero-order valence-electron chi connectivity index (χ0n) is 34.3. The fourth-order valence-corrected chi connectivity index (χ4v) is 13.3. The molecular weight excluding hydrogens is 651 g/mol. The lowest BCUT2D eigenvalue weighted by Gasteiger charge is -2.71. The summed E-state index contributed by atoms with van der Waals surface area (Å²) in [7, 11) is 0. The predicted molar refractivity (Wildman–Crippen MR) is 205 cm³/mol. The van der Waals surface area contributed by atoms with Gasteiger partial charge in [-0.05, 0) is 109 Å². The van der Waals surface area contributed by atoms with E-state index >= 15 is 0 Å². The number of carbonyl (C=O) groups is 1. The topological polar surface area (TPSA) is 125 Å². The standard InChI is InChI=1S/C43H71N5O4/c1-26(2)27(3)39(8)17-18-40(9)29-12-13-32-38(7)20-31(48-35(46-25-47-48)28-15-19-45-21-28)34(52-23-42(11,44)37(4,5)6)43(32,24-51-22-38)30(29)14-16-41(40,10)33(39)36(49)50/h14,25-29,31-34,45H,12-13,15-24,44H2,1-11H3,(H,49,50)/t27-,28-,29+,31-,32-,33-,34+,38-,39-,40-,41+,42+,43+/m1/s1. The highest BCUT2D eigenvalue weighted by Gasteiger charge is 2.73. The van der Waals surface area contributed by atoms with Crippen LogP contribution in [0.15, 0.2) is 18.0 Å². The average Bonchev–Trinajstić information content (AvgIpc) is 3.76. The van der Waals surface area contributed by atoms with Crippen molar-refractivity contribution in [2.24, 2.45) is 67.8 Å². The Balaban J connectivity index is 1.39. The van der Waals surface area contributed by atoms with Gasteiger partial charge in [-0.1, -0.05) is 80.9 Å². The lowest BCUT2D eigenvalue weighted by molar-refractivity contribution is -0.255. The van der Waals surface area contributed by atoms with Gasteiger partial charge in [0.05, 0.1) is 37.9 Å². The number of hydrogen-bond acceptors (Lipinski definition) is 7. The minimum atomic E-state index is -0.621. The quantitative estimate of drug-likeness (QED) is 0.234. The van der Waals surface area contributed by atoms with Crippen molar-refractivity contribution < 1.29 is 19.4 Å². The first-order valence-corrected chi connectivity index (χ1v) is 20.7. The number of nitrogens with zero attached hydrogens (tertiary/aromatic N) is 3. The molecule has 2 aliphatic heterocycles. The largest absolute Gasteiger partial charge is 0.481 e. The molecule has 1 aromatic heterocycles. The summed E-state index contributed by atoms with van der Waals surface area (Å²) in [6.45, 7) is 28.8. The summed E-state index contributed by atoms with van der Waals surface area (Å²) >= 11 is 0. The monoisotopic (exact) mass is 722 g/mol. The van der Waals surface area contributed by atoms with E-state index in [1.54, 1.807) is 6.33 Å². The SMILES string of the molecule is CC(C)[C@@H](C)[C@@]1(C)CC[C@]2(C)[C@H]3CC[C@@H]4[C@@]5(C)COC[C@@]4(C3=CC[C@@]2(C)[C@@H]1C(=O)O)[C@@H](OC[C@](C)(N)C(C)(C)C)[C@H](n1ncnc1[C@@H]1CCNC1)C5. The Hall–Kier alpha value is -1.81. The number of aromatic nitrogens is 3. The van der Waals surface area contributed by atoms with Crippen LogP contribution >= 0.6 is 0 Å². The molecule has 13 atom stereocenters. The zero-order chi connectivity index (χ0) is 37.9. The van der Waals surface area contributed by atoms with E-state index in [0.717, 1.165) is 70.5 Å². The molecule has 0 amide bonds. The van der Waals surface area contributed by atoms with Crippen LogP contribution in [-0.4, -0.2) is 70.4 Å². The molecule has 292 valence electrons. The number of aliphatic carboxylic acids is 1. The van der Waals surface area contributed by atoms with Gasteiger partial charge in [0.15, 0.2) is 0 Å². The lowest BCUT2D eigenvalue weighted by atomic mass is 9.34. The van der Waals surface area contributed by atoms with Crippen LogP contribution in [-0.2, 0) is 14.3 Å². The molecular formula is C43H71N5O4. The van der Waals surface area contributed by atoms with Gasteiger partial charge in [-0.15, -0.1) is 0 Å². The molecule has 6 aliphatic rings. The van der Waals surface area contributed by atoms with Crippen LogP contribution in [0.2, 0.25) is 0 Å². The van der Waals surface area contributed by atoms with Crippen molar-refractivity contribution in [2.45, 2.75) is 145 Å². The Bertz CT molecular complexity index is 1560. The Morgan fingerprint density at radius 3 is 2.46 bits per heavy atom. The van der Waals surface area contributed by atoms with E-state index in [1.807, 2.05) is 0 Å². The highest BCUT2D eigenvalue weighted by atomic mass is 16.5. The van der Waals surface area contributed by atoms with Crippen LogP contribution in [0.25, 0.3) is 0 Å². The maximum absolute atomic E-state index is 13.6. The molecule has 0 radical (unpaired) electrons. The third kappa shape index (κ3) is 5.31. The van der Waals surface area contributed by atoms with E-state index in [0.29, 0.717) is 36.9 Å². The Kier molecular flexibility index (Phi) is 9.33. The second-order valence-electron chi connectivity index (χ2n) is 21.3. The van der Waals surface area contributed by atoms with Gasteiger partial charge in [0, 0.05) is 23.4 Å². The van der Waals surface area contributed by atoms with Crippen molar-refractivity contribution in [3.05, 3.63) is 23.8 Å². The summed E-state index contributed by atoms with van der Waals surface area (Å²) in [6, 6.07) is -0.0203. The van der Waals surface area contributed by atoms with Crippen LogP contribution in [0.1, 0.15) is 139 Å². The maximum Gasteiger partial charge on any atom is 0.307 e. The minimum Gasteiger partial charge on any atom is -0.481 e. The van der Waals surface area contributed by atoms with Crippen LogP contribution in [0.3, 0.4) is 0 Å². The lowest BCUT2D eigenvalue weighted by Crippen LogP contribution is -2.70. The van der Waals surface area contributed by atoms with E-state index in [4.69, 9.17) is 25.3 Å². The van der Waals surface area contributed by atoms with Crippen LogP contribution < -0.4 is 11.1 Å². The van der Waals surface area contributed by atoms with E-state index in [9.17, 15) is 9.90 Å². The molecule has 5 fully saturated rings. The molecule has 1 aromatic rings. The molecule has 4 aliphatic carbocycles. The van der Waals surface area contributed by atoms with Gasteiger partial charge in [0.25, 0.3) is 0 Å². The second kappa shape index (κ2) is 12.6. The van der Waals surface area contributed by atoms with E-state index < -0.39 is 17.4 Å². The van der Waals surface area contributed by atoms with Crippen molar-refractivity contribution in [1.29, 1.82) is 0 Å². The number of nitrogens with two attached hydrogens (primary N) is 1. The summed E-state index contributed by atoms with van der Waals surface area (Å²) in [4.78, 5) is 18.6. The summed E-state index contributed by atoms with van der Waals surface area (Å²) in [5.41, 5.74) is 6.60. The number of fused-ring (bicyclic) bond motifs is 3. The molecule has 0 unspecified atom stereocenters. The predicted octanol–water partition coefficient (Wildman–Crippen LogP) is 7.63. The number of nitrogens with one attached hydrogen (secondary N) is 1. The second-order valence-corrected chi connectivity index (χ2v) is 21.3. The maximum atomic E-state index is 13.6. The zero-order valence-corrected chi connectivity index (χ0v) is 34.3. The number of ether oxygens (including phenoxy) is 2. The van der Waals surface area contributed by atoms with Crippen molar-refractivity contribution in [1.82, 2.24) is 20.1 Å². The fraction of sp³-hybridized carbons (Fsp3) is 0.884. The molecule has 2 bridgehead atoms. The third-order valence-corrected chi connectivity index (χ3v) is 17.6. The molecule has 0 aromatic carbocycles. The molecule has 9 nitrogen and oxygen atoms in total. The van der Waals surface area contributed by atoms with Crippen molar-refractivity contribution in [2.75, 3.05) is 32.9 Å². The Morgan fingerprint density at radius 1 is 1.10 bits per heavy atom. The number of carboxylic acids is 1. The van der Waals surface area contributed by atoms with Crippen LogP contribution in [0, 0.1) is 62.1 Å². The molecule has 9 heteroatoms. The van der Waals surface area contributed by atoms with Crippen molar-refractivity contribution in [3.63, 3.8) is 0 Å². The van der Waals surface area contributed by atoms with Gasteiger partial charge in [0.2, 0.25) is 0 Å². The van der Waals surface area contributed by atoms with Gasteiger partial charge in [-0.25, -0.2) is 9.67 Å². The van der Waals surface area contributed by atoms with Crippen molar-refractivity contribution >= 4 is 5.97 Å². The number of carboxylic acid groups (broad SMARTS) is 1. The average molecular weight is 722 g/mol. The normalized spacial score (nSPS) is 45.0. The van der Waals surface area contributed by atoms with Crippen LogP contribution in [0.4, 0.5) is 0 Å². The van der Waals surface area contributed by atoms with Crippen molar-refractivity contribution in [3.8, 4) is 0 Å². The summed E-state index contributed by atoms with van der Waals surface area (Å²) in [5.74, 6) is 1.69. The number of allylic oxidation sites excluding steroid dienone is 1. The van der Waals surface area contributed by atoms with Crippen LogP contribution in [0.5, 0.6) is 0 Å². The van der Waals surface area contributed by atoms with Gasteiger partial charge in [-0.3, -0.25) is 4.79 Å². The highest BCUT2D eigenvalue weighted by molar-refractivity contribution is 5.73. The molecule has 4 N–H and O–H groups in total. The Labute approximate surface area is 314 Å². The first-order chi connectivity index (χ1) is 24.2. The summed E-state index contributed by atoms with van der Waals surface area (Å²) in [6.07, 6.45) is 10.9. The van der Waals surface area contributed by atoms with Gasteiger partial charge in [0.1, 0.15) is 12.2 Å². The number of rotatable bonds is 8. The number of hydrogen-bond donors (Lipinski definition) is 3. The summed E-state index contributed by atoms with van der Waals surface area (Å²) in [5, 5.41) is 19.8. The van der Waals surface area contributed by atoms with E-state index in [1.165, 1.54) is 5.57 Å². The van der Waals surface area contributed by atoms with Gasteiger partial charge in [-0.2, -0.15) is 5.10 Å². The first kappa shape index (κ1) is 38.5. The first-order valence-electron chi connectivity index (χ1n) is 20.7. The molecule has 7 rings (SSSR count).